The fourth-order valence-electron chi connectivity index (χ4n) is 4.12. The maximum atomic E-state index is 13.4. The summed E-state index contributed by atoms with van der Waals surface area (Å²) in [6.45, 7) is 1.89. The summed E-state index contributed by atoms with van der Waals surface area (Å²) in [7, 11) is 2.85. The van der Waals surface area contributed by atoms with Crippen LogP contribution in [0.4, 0.5) is 5.69 Å². The zero-order valence-corrected chi connectivity index (χ0v) is 21.2. The Bertz CT molecular complexity index is 1370. The number of methoxy groups -OCH3 is 2. The number of aliphatic hydroxyl groups excluding tert-OH is 1. The van der Waals surface area contributed by atoms with Gasteiger partial charge in [0.2, 0.25) is 0 Å². The topological polar surface area (TPSA) is 76.1 Å². The summed E-state index contributed by atoms with van der Waals surface area (Å²) < 4.78 is 10.6. The van der Waals surface area contributed by atoms with Crippen LogP contribution in [0.1, 0.15) is 22.7 Å². The number of benzene rings is 3. The average Bonchev–Trinajstić information content (AvgIpc) is 3.08. The third-order valence-corrected chi connectivity index (χ3v) is 6.39. The molecule has 6 nitrogen and oxygen atoms in total. The minimum Gasteiger partial charge on any atom is -0.507 e. The van der Waals surface area contributed by atoms with Crippen molar-refractivity contribution in [2.45, 2.75) is 13.0 Å². The first-order chi connectivity index (χ1) is 16.7. The van der Waals surface area contributed by atoms with Crippen molar-refractivity contribution in [2.24, 2.45) is 0 Å². The lowest BCUT2D eigenvalue weighted by atomic mass is 9.94. The molecule has 1 N–H and O–H groups in total. The molecule has 1 saturated heterocycles. The third-order valence-electron chi connectivity index (χ3n) is 5.66. The van der Waals surface area contributed by atoms with Crippen LogP contribution in [0, 0.1) is 6.92 Å². The predicted molar refractivity (Wildman–Crippen MR) is 137 cm³/mol. The molecule has 0 aliphatic carbocycles. The van der Waals surface area contributed by atoms with Crippen molar-refractivity contribution in [1.29, 1.82) is 0 Å². The second-order valence-corrected chi connectivity index (χ2v) is 9.18. The molecule has 9 heteroatoms. The maximum Gasteiger partial charge on any atom is 0.300 e. The fourth-order valence-corrected chi connectivity index (χ4v) is 4.88. The molecule has 0 radical (unpaired) electrons. The number of carbonyl (C=O) groups is 2. The Balaban J connectivity index is 2.02. The molecule has 3 aromatic carbocycles. The second-order valence-electron chi connectivity index (χ2n) is 7.90. The number of anilines is 1. The van der Waals surface area contributed by atoms with E-state index in [0.717, 1.165) is 5.56 Å². The summed E-state index contributed by atoms with van der Waals surface area (Å²) in [4.78, 5) is 28.0. The normalized spacial score (nSPS) is 17.1. The van der Waals surface area contributed by atoms with Crippen LogP contribution in [-0.4, -0.2) is 31.0 Å². The number of ether oxygens (including phenoxy) is 2. The van der Waals surface area contributed by atoms with E-state index < -0.39 is 23.5 Å². The van der Waals surface area contributed by atoms with Crippen molar-refractivity contribution < 1.29 is 24.2 Å². The molecule has 3 aromatic rings. The second kappa shape index (κ2) is 9.82. The predicted octanol–water partition coefficient (Wildman–Crippen LogP) is 6.60. The van der Waals surface area contributed by atoms with E-state index in [9.17, 15) is 14.7 Å². The van der Waals surface area contributed by atoms with Gasteiger partial charge in [-0.05, 0) is 36.8 Å². The van der Waals surface area contributed by atoms with Crippen LogP contribution in [0.25, 0.3) is 5.76 Å². The van der Waals surface area contributed by atoms with E-state index in [1.54, 1.807) is 12.1 Å². The molecule has 4 rings (SSSR count). The van der Waals surface area contributed by atoms with E-state index in [4.69, 9.17) is 44.3 Å². The highest BCUT2D eigenvalue weighted by molar-refractivity contribution is 6.52. The van der Waals surface area contributed by atoms with Crippen LogP contribution in [0.3, 0.4) is 0 Å². The van der Waals surface area contributed by atoms with E-state index in [0.29, 0.717) is 27.0 Å². The van der Waals surface area contributed by atoms with Gasteiger partial charge in [-0.25, -0.2) is 0 Å². The molecule has 180 valence electrons. The first kappa shape index (κ1) is 24.9. The van der Waals surface area contributed by atoms with Gasteiger partial charge < -0.3 is 14.6 Å². The quantitative estimate of drug-likeness (QED) is 0.228. The number of hydrogen-bond acceptors (Lipinski definition) is 5. The fraction of sp³-hybridized carbons (Fsp3) is 0.154. The lowest BCUT2D eigenvalue weighted by molar-refractivity contribution is -0.132. The van der Waals surface area contributed by atoms with Gasteiger partial charge in [0.1, 0.15) is 17.3 Å². The van der Waals surface area contributed by atoms with Gasteiger partial charge in [0.15, 0.2) is 0 Å². The summed E-state index contributed by atoms with van der Waals surface area (Å²) >= 11 is 18.7. The molecule has 0 aromatic heterocycles. The van der Waals surface area contributed by atoms with E-state index in [1.807, 2.05) is 19.1 Å². The average molecular weight is 533 g/mol. The minimum atomic E-state index is -0.963. The summed E-state index contributed by atoms with van der Waals surface area (Å²) in [6.07, 6.45) is 0. The van der Waals surface area contributed by atoms with Crippen LogP contribution >= 0.6 is 34.8 Å². The molecule has 0 bridgehead atoms. The molecule has 1 atom stereocenters. The Kier molecular flexibility index (Phi) is 6.99. The Morgan fingerprint density at radius 2 is 1.57 bits per heavy atom. The van der Waals surface area contributed by atoms with Gasteiger partial charge >= 0.3 is 0 Å². The van der Waals surface area contributed by atoms with Gasteiger partial charge in [-0.2, -0.15) is 0 Å². The largest absolute Gasteiger partial charge is 0.507 e. The molecule has 0 saturated carbocycles. The molecule has 1 fully saturated rings. The van der Waals surface area contributed by atoms with Crippen LogP contribution in [0.2, 0.25) is 15.1 Å². The molecule has 35 heavy (non-hydrogen) atoms. The number of aryl methyl sites for hydroxylation is 1. The SMILES string of the molecule is COc1cc(OC)c(/C(O)=C2\C(=O)C(=O)N(c3cc(Cl)cc(Cl)c3)C2c2cccc(C)c2)cc1Cl. The third kappa shape index (κ3) is 4.57. The van der Waals surface area contributed by atoms with Crippen molar-refractivity contribution in [2.75, 3.05) is 19.1 Å². The molecule has 1 aliphatic heterocycles. The molecule has 1 aliphatic rings. The lowest BCUT2D eigenvalue weighted by Crippen LogP contribution is -2.29. The lowest BCUT2D eigenvalue weighted by Gasteiger charge is -2.26. The Morgan fingerprint density at radius 3 is 2.17 bits per heavy atom. The van der Waals surface area contributed by atoms with Crippen molar-refractivity contribution in [3.05, 3.63) is 91.9 Å². The van der Waals surface area contributed by atoms with Gasteiger partial charge in [-0.3, -0.25) is 14.5 Å². The summed E-state index contributed by atoms with van der Waals surface area (Å²) in [5.41, 5.74) is 1.84. The van der Waals surface area contributed by atoms with E-state index in [-0.39, 0.29) is 21.9 Å². The number of ketones is 1. The monoisotopic (exact) mass is 531 g/mol. The number of aliphatic hydroxyl groups is 1. The maximum absolute atomic E-state index is 13.4. The molecule has 0 spiro atoms. The number of halogens is 3. The first-order valence-corrected chi connectivity index (χ1v) is 11.5. The summed E-state index contributed by atoms with van der Waals surface area (Å²) in [6, 6.07) is 13.8. The van der Waals surface area contributed by atoms with Crippen molar-refractivity contribution in [3.8, 4) is 11.5 Å². The Hall–Kier alpha value is -3.19. The number of Topliss-reactive ketones (excluding diaryl/α,β-unsaturated/α-hetero) is 1. The zero-order valence-electron chi connectivity index (χ0n) is 18.9. The molecule has 1 heterocycles. The Morgan fingerprint density at radius 1 is 0.914 bits per heavy atom. The van der Waals surface area contributed by atoms with Crippen LogP contribution in [0.5, 0.6) is 11.5 Å². The summed E-state index contributed by atoms with van der Waals surface area (Å²) in [5.74, 6) is -1.62. The smallest absolute Gasteiger partial charge is 0.300 e. The number of amides is 1. The molecular formula is C26H20Cl3NO5. The first-order valence-electron chi connectivity index (χ1n) is 10.4. The van der Waals surface area contributed by atoms with Gasteiger partial charge in [-0.15, -0.1) is 0 Å². The van der Waals surface area contributed by atoms with Gasteiger partial charge in [-0.1, -0.05) is 64.6 Å². The van der Waals surface area contributed by atoms with Crippen molar-refractivity contribution >= 4 is 57.9 Å². The highest BCUT2D eigenvalue weighted by Gasteiger charge is 2.47. The van der Waals surface area contributed by atoms with Gasteiger partial charge in [0, 0.05) is 21.8 Å². The molecule has 1 amide bonds. The van der Waals surface area contributed by atoms with Crippen molar-refractivity contribution in [1.82, 2.24) is 0 Å². The number of hydrogen-bond donors (Lipinski definition) is 1. The number of nitrogens with zero attached hydrogens (tertiary/aromatic N) is 1. The summed E-state index contributed by atoms with van der Waals surface area (Å²) in [5, 5.41) is 12.2. The van der Waals surface area contributed by atoms with Crippen LogP contribution < -0.4 is 14.4 Å². The van der Waals surface area contributed by atoms with E-state index in [2.05, 4.69) is 0 Å². The van der Waals surface area contributed by atoms with Crippen LogP contribution in [-0.2, 0) is 9.59 Å². The zero-order chi connectivity index (χ0) is 25.4. The van der Waals surface area contributed by atoms with Gasteiger partial charge in [0.05, 0.1) is 36.4 Å². The molecule has 1 unspecified atom stereocenters. The molecular weight excluding hydrogens is 513 g/mol. The minimum absolute atomic E-state index is 0.128. The highest BCUT2D eigenvalue weighted by atomic mass is 35.5. The number of rotatable bonds is 5. The van der Waals surface area contributed by atoms with Crippen molar-refractivity contribution in [3.63, 3.8) is 0 Å². The van der Waals surface area contributed by atoms with Gasteiger partial charge in [0.25, 0.3) is 11.7 Å². The van der Waals surface area contributed by atoms with Crippen LogP contribution in [0.15, 0.2) is 60.2 Å². The Labute approximate surface area is 217 Å². The standard InChI is InChI=1S/C26H20Cl3NO5/c1-13-5-4-6-14(7-13)23-22(24(31)18-11-19(29)21(35-3)12-20(18)34-2)25(32)26(33)30(23)17-9-15(27)8-16(28)10-17/h4-12,23,31H,1-3H3/b24-22+. The van der Waals surface area contributed by atoms with E-state index >= 15 is 0 Å². The number of carbonyl (C=O) groups excluding carboxylic acids is 2. The van der Waals surface area contributed by atoms with E-state index in [1.165, 1.54) is 49.5 Å². The highest BCUT2D eigenvalue weighted by Crippen LogP contribution is 2.45.